The molecule has 0 spiro atoms. The molecule has 1 aliphatic rings. The molecule has 3 aromatic rings. The molecular formula is C28H32F3N3O4S. The van der Waals surface area contributed by atoms with Crippen molar-refractivity contribution in [3.8, 4) is 11.3 Å². The molecule has 1 saturated heterocycles. The third-order valence-corrected chi connectivity index (χ3v) is 7.40. The van der Waals surface area contributed by atoms with E-state index in [1.165, 1.54) is 10.8 Å². The fourth-order valence-corrected chi connectivity index (χ4v) is 5.18. The van der Waals surface area contributed by atoms with E-state index in [-0.39, 0.29) is 11.8 Å². The average molecular weight is 564 g/mol. The highest BCUT2D eigenvalue weighted by Crippen LogP contribution is 2.29. The molecule has 210 valence electrons. The van der Waals surface area contributed by atoms with Gasteiger partial charge in [0.1, 0.15) is 11.6 Å². The van der Waals surface area contributed by atoms with E-state index in [9.17, 15) is 22.8 Å². The maximum absolute atomic E-state index is 13.3. The van der Waals surface area contributed by atoms with Crippen molar-refractivity contribution in [2.24, 2.45) is 0 Å². The molecule has 4 rings (SSSR count). The van der Waals surface area contributed by atoms with Gasteiger partial charge < -0.3 is 15.0 Å². The van der Waals surface area contributed by atoms with Crippen LogP contribution >= 0.6 is 11.8 Å². The number of hydrogen-bond acceptors (Lipinski definition) is 5. The summed E-state index contributed by atoms with van der Waals surface area (Å²) in [7, 11) is 0. The molecule has 1 unspecified atom stereocenters. The smallest absolute Gasteiger partial charge is 0.475 e. The number of fused-ring (bicyclic) bond motifs is 1. The highest BCUT2D eigenvalue weighted by Gasteiger charge is 2.38. The van der Waals surface area contributed by atoms with Crippen LogP contribution < -0.4 is 0 Å². The van der Waals surface area contributed by atoms with Crippen molar-refractivity contribution < 1.29 is 32.7 Å². The number of aliphatic carboxylic acids is 1. The number of ketones is 1. The minimum Gasteiger partial charge on any atom is -0.475 e. The Balaban J connectivity index is 0.000000532. The summed E-state index contributed by atoms with van der Waals surface area (Å²) < 4.78 is 31.7. The van der Waals surface area contributed by atoms with E-state index in [4.69, 9.17) is 9.90 Å². The van der Waals surface area contributed by atoms with Crippen LogP contribution in [0.15, 0.2) is 48.7 Å². The van der Waals surface area contributed by atoms with E-state index >= 15 is 0 Å². The van der Waals surface area contributed by atoms with Crippen molar-refractivity contribution in [1.29, 1.82) is 0 Å². The van der Waals surface area contributed by atoms with Crippen LogP contribution in [0, 0.1) is 0 Å². The second-order valence-electron chi connectivity index (χ2n) is 9.23. The first-order chi connectivity index (χ1) is 18.6. The lowest BCUT2D eigenvalue weighted by molar-refractivity contribution is -0.192. The van der Waals surface area contributed by atoms with Crippen LogP contribution in [0.3, 0.4) is 0 Å². The lowest BCUT2D eigenvalue weighted by Gasteiger charge is -2.21. The first-order valence-corrected chi connectivity index (χ1v) is 14.0. The summed E-state index contributed by atoms with van der Waals surface area (Å²) in [5.74, 6) is -0.0229. The summed E-state index contributed by atoms with van der Waals surface area (Å²) in [5.41, 5.74) is 2.01. The Hall–Kier alpha value is -3.34. The quantitative estimate of drug-likeness (QED) is 0.276. The first-order valence-electron chi connectivity index (χ1n) is 12.8. The number of carboxylic acid groups (broad SMARTS) is 1. The number of benzene rings is 2. The zero-order valence-electron chi connectivity index (χ0n) is 21.7. The predicted molar refractivity (Wildman–Crippen MR) is 145 cm³/mol. The molecule has 0 saturated carbocycles. The molecule has 1 aromatic heterocycles. The minimum atomic E-state index is -5.08. The van der Waals surface area contributed by atoms with Gasteiger partial charge in [0.15, 0.2) is 0 Å². The minimum absolute atomic E-state index is 0.166. The molecule has 2 heterocycles. The highest BCUT2D eigenvalue weighted by atomic mass is 32.2. The number of hydrogen-bond donors (Lipinski definition) is 2. The molecule has 1 amide bonds. The van der Waals surface area contributed by atoms with Gasteiger partial charge in [0.25, 0.3) is 0 Å². The molecule has 11 heteroatoms. The molecule has 1 atom stereocenters. The van der Waals surface area contributed by atoms with Crippen LogP contribution in [0.4, 0.5) is 13.2 Å². The Morgan fingerprint density at radius 1 is 1.10 bits per heavy atom. The fraction of sp³-hybridized carbons (Fsp3) is 0.429. The van der Waals surface area contributed by atoms with Gasteiger partial charge in [-0.3, -0.25) is 9.59 Å². The number of alkyl halides is 3. The van der Waals surface area contributed by atoms with Crippen molar-refractivity contribution in [2.45, 2.75) is 57.5 Å². The molecular weight excluding hydrogens is 531 g/mol. The summed E-state index contributed by atoms with van der Waals surface area (Å²) in [4.78, 5) is 43.8. The number of amides is 1. The lowest BCUT2D eigenvalue weighted by Crippen LogP contribution is -2.33. The second-order valence-corrected chi connectivity index (χ2v) is 10.3. The van der Waals surface area contributed by atoms with E-state index in [2.05, 4.69) is 40.3 Å². The number of thioether (sulfide) groups is 1. The second kappa shape index (κ2) is 14.2. The van der Waals surface area contributed by atoms with Gasteiger partial charge in [-0.1, -0.05) is 56.2 Å². The summed E-state index contributed by atoms with van der Waals surface area (Å²) in [5, 5.41) is 9.52. The summed E-state index contributed by atoms with van der Waals surface area (Å²) in [6.45, 7) is 2.72. The number of carbonyl (C=O) groups excluding carboxylic acids is 2. The largest absolute Gasteiger partial charge is 0.490 e. The number of carbonyl (C=O) groups is 3. The SMILES string of the molecule is CCC(=O)CCCCCC(C(=O)N1CCSC1)c1ncc(-c2ccc3ccccc3c2)[nH]1.O=C(O)C(F)(F)F. The van der Waals surface area contributed by atoms with Gasteiger partial charge in [-0.15, -0.1) is 11.8 Å². The average Bonchev–Trinajstić information content (AvgIpc) is 3.63. The number of H-pyrrole nitrogens is 1. The Morgan fingerprint density at radius 2 is 1.82 bits per heavy atom. The molecule has 2 aromatic carbocycles. The standard InChI is InChI=1S/C26H31N3O2S.C2HF3O2/c1-2-22(30)10-4-3-5-11-23(26(31)29-14-15-32-18-29)25-27-17-24(28-25)21-13-12-19-8-6-7-9-20(19)16-21;3-2(4,5)1(6)7/h6-9,12-13,16-17,23H,2-5,10-11,14-15,18H2,1H3,(H,27,28);(H,6,7). The van der Waals surface area contributed by atoms with Crippen molar-refractivity contribution in [1.82, 2.24) is 14.9 Å². The number of aromatic nitrogens is 2. The van der Waals surface area contributed by atoms with Gasteiger partial charge in [0.05, 0.1) is 23.7 Å². The first kappa shape index (κ1) is 30.2. The summed E-state index contributed by atoms with van der Waals surface area (Å²) in [6, 6.07) is 14.7. The van der Waals surface area contributed by atoms with Gasteiger partial charge in [-0.05, 0) is 29.7 Å². The molecule has 1 aliphatic heterocycles. The molecule has 0 aliphatic carbocycles. The Bertz CT molecular complexity index is 1270. The third-order valence-electron chi connectivity index (χ3n) is 6.43. The fourth-order valence-electron chi connectivity index (χ4n) is 4.23. The summed E-state index contributed by atoms with van der Waals surface area (Å²) in [6.07, 6.45) is 1.54. The maximum Gasteiger partial charge on any atom is 0.490 e. The number of unbranched alkanes of at least 4 members (excludes halogenated alkanes) is 2. The number of Topliss-reactive ketones (excluding diaryl/α,β-unsaturated/α-hetero) is 1. The van der Waals surface area contributed by atoms with Crippen molar-refractivity contribution in [3.63, 3.8) is 0 Å². The van der Waals surface area contributed by atoms with Crippen LogP contribution in [0.5, 0.6) is 0 Å². The van der Waals surface area contributed by atoms with Crippen LogP contribution in [0.25, 0.3) is 22.0 Å². The van der Waals surface area contributed by atoms with E-state index in [0.29, 0.717) is 18.6 Å². The van der Waals surface area contributed by atoms with Crippen LogP contribution in [-0.2, 0) is 14.4 Å². The molecule has 0 bridgehead atoms. The Kier molecular flexibility index (Phi) is 11.0. The number of aromatic amines is 1. The van der Waals surface area contributed by atoms with Crippen molar-refractivity contribution in [2.75, 3.05) is 18.2 Å². The van der Waals surface area contributed by atoms with Gasteiger partial charge in [0, 0.05) is 30.7 Å². The predicted octanol–water partition coefficient (Wildman–Crippen LogP) is 6.41. The van der Waals surface area contributed by atoms with Crippen LogP contribution in [0.1, 0.15) is 57.2 Å². The van der Waals surface area contributed by atoms with Gasteiger partial charge in [-0.25, -0.2) is 9.78 Å². The molecule has 2 N–H and O–H groups in total. The summed E-state index contributed by atoms with van der Waals surface area (Å²) >= 11 is 1.80. The number of rotatable bonds is 10. The van der Waals surface area contributed by atoms with E-state index in [1.807, 2.05) is 30.2 Å². The Labute approximate surface area is 229 Å². The third kappa shape index (κ3) is 8.84. The monoisotopic (exact) mass is 563 g/mol. The van der Waals surface area contributed by atoms with E-state index in [1.54, 1.807) is 11.8 Å². The van der Waals surface area contributed by atoms with E-state index < -0.39 is 12.1 Å². The molecule has 1 fully saturated rings. The normalized spacial score (nSPS) is 14.1. The van der Waals surface area contributed by atoms with Crippen molar-refractivity contribution in [3.05, 3.63) is 54.5 Å². The van der Waals surface area contributed by atoms with Crippen molar-refractivity contribution >= 4 is 40.2 Å². The zero-order valence-corrected chi connectivity index (χ0v) is 22.5. The van der Waals surface area contributed by atoms with Gasteiger partial charge in [-0.2, -0.15) is 13.2 Å². The van der Waals surface area contributed by atoms with Crippen LogP contribution in [-0.4, -0.2) is 62.0 Å². The lowest BCUT2D eigenvalue weighted by atomic mass is 9.98. The van der Waals surface area contributed by atoms with E-state index in [0.717, 1.165) is 60.9 Å². The highest BCUT2D eigenvalue weighted by molar-refractivity contribution is 7.99. The topological polar surface area (TPSA) is 103 Å². The molecule has 7 nitrogen and oxygen atoms in total. The van der Waals surface area contributed by atoms with Gasteiger partial charge >= 0.3 is 12.1 Å². The number of carboxylic acids is 1. The molecule has 0 radical (unpaired) electrons. The number of nitrogens with zero attached hydrogens (tertiary/aromatic N) is 2. The van der Waals surface area contributed by atoms with Crippen LogP contribution in [0.2, 0.25) is 0 Å². The maximum atomic E-state index is 13.3. The molecule has 39 heavy (non-hydrogen) atoms. The van der Waals surface area contributed by atoms with Gasteiger partial charge in [0.2, 0.25) is 5.91 Å². The Morgan fingerprint density at radius 3 is 2.46 bits per heavy atom. The number of halogens is 3. The zero-order chi connectivity index (χ0) is 28.4. The number of nitrogens with one attached hydrogen (secondary N) is 1. The number of imidazole rings is 1.